The summed E-state index contributed by atoms with van der Waals surface area (Å²) >= 11 is 0. The lowest BCUT2D eigenvalue weighted by molar-refractivity contribution is -0.130. The Labute approximate surface area is 298 Å². The minimum atomic E-state index is -1.41. The smallest absolute Gasteiger partial charge is 0.325 e. The quantitative estimate of drug-likeness (QED) is 0.0999. The summed E-state index contributed by atoms with van der Waals surface area (Å²) in [6.45, 7) is 2.50. The number of benzene rings is 2. The lowest BCUT2D eigenvalue weighted by Crippen LogP contribution is -2.47. The zero-order valence-electron chi connectivity index (χ0n) is 28.5. The second-order valence-corrected chi connectivity index (χ2v) is 13.6. The van der Waals surface area contributed by atoms with Gasteiger partial charge in [0.15, 0.2) is 17.0 Å². The van der Waals surface area contributed by atoms with E-state index in [0.717, 1.165) is 16.0 Å². The second kappa shape index (κ2) is 14.6. The molecule has 1 saturated carbocycles. The number of carbonyl (C=O) groups excluding carboxylic acids is 3. The summed E-state index contributed by atoms with van der Waals surface area (Å²) in [5.41, 5.74) is 2.46. The maximum atomic E-state index is 12.8. The number of aromatic nitrogens is 4. The Hall–Kier alpha value is -5.52. The van der Waals surface area contributed by atoms with Crippen molar-refractivity contribution in [2.75, 3.05) is 29.9 Å². The third-order valence-electron chi connectivity index (χ3n) is 9.94. The molecule has 0 spiro atoms. The molecular weight excluding hydrogens is 672 g/mol. The van der Waals surface area contributed by atoms with Crippen LogP contribution in [0.15, 0.2) is 60.9 Å². The highest BCUT2D eigenvalue weighted by Crippen LogP contribution is 2.38. The molecule has 4 aromatic rings. The van der Waals surface area contributed by atoms with Crippen molar-refractivity contribution < 1.29 is 34.8 Å². The van der Waals surface area contributed by atoms with Gasteiger partial charge in [0.1, 0.15) is 24.0 Å². The van der Waals surface area contributed by atoms with Crippen LogP contribution in [0, 0.1) is 0 Å². The molecule has 0 radical (unpaired) electrons. The topological polar surface area (TPSA) is 230 Å². The van der Waals surface area contributed by atoms with Gasteiger partial charge in [-0.05, 0) is 49.4 Å². The number of carbonyl (C=O) groups is 3. The molecule has 1 aliphatic carbocycles. The monoisotopic (exact) mass is 714 g/mol. The summed E-state index contributed by atoms with van der Waals surface area (Å²) in [6.07, 6.45) is -0.113. The zero-order chi connectivity index (χ0) is 36.5. The molecule has 0 unspecified atom stereocenters. The predicted molar refractivity (Wildman–Crippen MR) is 188 cm³/mol. The van der Waals surface area contributed by atoms with Gasteiger partial charge in [-0.1, -0.05) is 42.5 Å². The minimum absolute atomic E-state index is 0.0580. The number of phenolic OH excluding ortho intramolecular Hbond substituents is 1. The molecule has 274 valence electrons. The predicted octanol–water partition coefficient (Wildman–Crippen LogP) is 0.601. The summed E-state index contributed by atoms with van der Waals surface area (Å²) < 4.78 is 1.63. The highest BCUT2D eigenvalue weighted by Gasteiger charge is 2.51. The normalized spacial score (nSPS) is 25.1. The number of nitrogens with zero attached hydrogens (tertiary/aromatic N) is 6. The Balaban J connectivity index is 1.15. The van der Waals surface area contributed by atoms with E-state index in [4.69, 9.17) is 9.97 Å². The minimum Gasteiger partial charge on any atom is -0.508 e. The second-order valence-electron chi connectivity index (χ2n) is 13.6. The molecule has 17 nitrogen and oxygen atoms in total. The highest BCUT2D eigenvalue weighted by atomic mass is 16.3. The van der Waals surface area contributed by atoms with Crippen LogP contribution in [-0.2, 0) is 17.8 Å². The molecule has 7 rings (SSSR count). The molecule has 3 aliphatic rings. The lowest BCUT2D eigenvalue weighted by atomic mass is 10.1. The standard InChI is InChI=1S/C35H42N10O7/c1-19-32(50)45(35(52)38-19)26-14-25(28(48)29(26)49)44-18-37-27-30(39-23(17-46)12-20-6-3-2-4-7-20)41-33(42-31(27)44)43-11-10-22(16-43)40-34(51)36-15-21-8-5-9-24(47)13-21/h2-9,13,18-19,22-23,25-26,28-29,46-49H,10-12,14-17H2,1H3,(H,38,52)(H2,36,40,51)(H,39,41,42)/t19-,22+,23-,25+,26-,28-,29+/m0/s1. The molecule has 4 heterocycles. The van der Waals surface area contributed by atoms with Gasteiger partial charge in [0.2, 0.25) is 5.95 Å². The molecule has 3 fully saturated rings. The van der Waals surface area contributed by atoms with Gasteiger partial charge in [0.05, 0.1) is 31.1 Å². The van der Waals surface area contributed by atoms with Crippen LogP contribution in [0.5, 0.6) is 5.75 Å². The number of anilines is 2. The number of urea groups is 2. The summed E-state index contributed by atoms with van der Waals surface area (Å²) in [7, 11) is 0. The van der Waals surface area contributed by atoms with E-state index in [2.05, 4.69) is 26.3 Å². The summed E-state index contributed by atoms with van der Waals surface area (Å²) in [6, 6.07) is 12.2. The van der Waals surface area contributed by atoms with Gasteiger partial charge in [-0.15, -0.1) is 0 Å². The first-order valence-electron chi connectivity index (χ1n) is 17.3. The molecule has 2 aromatic heterocycles. The first kappa shape index (κ1) is 34.9. The van der Waals surface area contributed by atoms with E-state index < -0.39 is 48.3 Å². The zero-order valence-corrected chi connectivity index (χ0v) is 28.5. The van der Waals surface area contributed by atoms with Gasteiger partial charge < -0.3 is 51.2 Å². The number of hydrogen-bond acceptors (Lipinski definition) is 12. The van der Waals surface area contributed by atoms with Crippen LogP contribution >= 0.6 is 0 Å². The van der Waals surface area contributed by atoms with Crippen LogP contribution < -0.4 is 26.2 Å². The van der Waals surface area contributed by atoms with E-state index >= 15 is 0 Å². The van der Waals surface area contributed by atoms with Gasteiger partial charge in [-0.25, -0.2) is 14.6 Å². The average molecular weight is 715 g/mol. The van der Waals surface area contributed by atoms with E-state index in [1.165, 1.54) is 6.33 Å². The lowest BCUT2D eigenvalue weighted by Gasteiger charge is -2.24. The van der Waals surface area contributed by atoms with Crippen LogP contribution in [0.4, 0.5) is 21.4 Å². The third kappa shape index (κ3) is 7.02. The van der Waals surface area contributed by atoms with E-state index in [0.29, 0.717) is 48.9 Å². The molecule has 5 amide bonds. The summed E-state index contributed by atoms with van der Waals surface area (Å²) in [5, 5.41) is 54.1. The fourth-order valence-corrected chi connectivity index (χ4v) is 7.24. The van der Waals surface area contributed by atoms with Crippen LogP contribution in [0.25, 0.3) is 11.2 Å². The Morgan fingerprint density at radius 2 is 1.81 bits per heavy atom. The number of aliphatic hydroxyl groups is 3. The van der Waals surface area contributed by atoms with Gasteiger partial charge in [0.25, 0.3) is 5.91 Å². The Bertz CT molecular complexity index is 1940. The van der Waals surface area contributed by atoms with Crippen molar-refractivity contribution in [2.24, 2.45) is 0 Å². The molecule has 52 heavy (non-hydrogen) atoms. The van der Waals surface area contributed by atoms with Crippen LogP contribution in [0.1, 0.15) is 36.9 Å². The maximum Gasteiger partial charge on any atom is 0.325 e. The molecule has 2 aromatic carbocycles. The average Bonchev–Trinajstić information content (AvgIpc) is 3.90. The Kier molecular flexibility index (Phi) is 9.81. The number of aromatic hydroxyl groups is 1. The van der Waals surface area contributed by atoms with Crippen LogP contribution in [-0.4, -0.2) is 119 Å². The molecular formula is C35H42N10O7. The van der Waals surface area contributed by atoms with Crippen LogP contribution in [0.3, 0.4) is 0 Å². The SMILES string of the molecule is C[C@@H]1NC(=O)N([C@H]2C[C@@H](n3cnc4c(N[C@H](CO)Cc5ccccc5)nc(N5CC[C@@H](NC(=O)NCc6cccc(O)c6)C5)nc43)[C@H](O)[C@@H]2O)C1=O. The van der Waals surface area contributed by atoms with Gasteiger partial charge >= 0.3 is 12.1 Å². The number of amides is 5. The van der Waals surface area contributed by atoms with E-state index in [-0.39, 0.29) is 37.4 Å². The van der Waals surface area contributed by atoms with Crippen LogP contribution in [0.2, 0.25) is 0 Å². The number of aliphatic hydroxyl groups excluding tert-OH is 3. The van der Waals surface area contributed by atoms with Gasteiger partial charge in [0, 0.05) is 25.7 Å². The largest absolute Gasteiger partial charge is 0.508 e. The summed E-state index contributed by atoms with van der Waals surface area (Å²) in [5.74, 6) is 0.310. The number of fused-ring (bicyclic) bond motifs is 1. The fourth-order valence-electron chi connectivity index (χ4n) is 7.24. The van der Waals surface area contributed by atoms with Crippen molar-refractivity contribution in [1.29, 1.82) is 0 Å². The number of hydrogen-bond donors (Lipinski definition) is 8. The van der Waals surface area contributed by atoms with Gasteiger partial charge in [-0.2, -0.15) is 9.97 Å². The molecule has 2 saturated heterocycles. The Morgan fingerprint density at radius 3 is 2.54 bits per heavy atom. The Morgan fingerprint density at radius 1 is 1.04 bits per heavy atom. The van der Waals surface area contributed by atoms with Crippen molar-refractivity contribution >= 4 is 40.9 Å². The maximum absolute atomic E-state index is 12.8. The van der Waals surface area contributed by atoms with E-state index in [9.17, 15) is 34.8 Å². The fraction of sp³-hybridized carbons (Fsp3) is 0.429. The molecule has 0 bridgehead atoms. The van der Waals surface area contributed by atoms with E-state index in [1.54, 1.807) is 35.8 Å². The van der Waals surface area contributed by atoms with Crippen molar-refractivity contribution in [3.63, 3.8) is 0 Å². The molecule has 8 N–H and O–H groups in total. The van der Waals surface area contributed by atoms with Crippen molar-refractivity contribution in [3.8, 4) is 5.75 Å². The third-order valence-corrected chi connectivity index (χ3v) is 9.94. The number of imidazole rings is 1. The first-order chi connectivity index (χ1) is 25.1. The number of phenols is 1. The first-order valence-corrected chi connectivity index (χ1v) is 17.3. The number of imide groups is 1. The molecule has 2 aliphatic heterocycles. The van der Waals surface area contributed by atoms with Gasteiger partial charge in [-0.3, -0.25) is 9.69 Å². The van der Waals surface area contributed by atoms with Crippen molar-refractivity contribution in [1.82, 2.24) is 40.4 Å². The number of rotatable bonds is 11. The van der Waals surface area contributed by atoms with E-state index in [1.807, 2.05) is 35.2 Å². The van der Waals surface area contributed by atoms with Crippen molar-refractivity contribution in [3.05, 3.63) is 72.1 Å². The number of nitrogens with one attached hydrogen (secondary N) is 4. The highest BCUT2D eigenvalue weighted by molar-refractivity contribution is 6.04. The molecule has 17 heteroatoms. The van der Waals surface area contributed by atoms with Crippen molar-refractivity contribution in [2.45, 2.75) is 75.1 Å². The molecule has 7 atom stereocenters. The summed E-state index contributed by atoms with van der Waals surface area (Å²) in [4.78, 5) is 55.4.